The van der Waals surface area contributed by atoms with Crippen LogP contribution in [0.3, 0.4) is 0 Å². The van der Waals surface area contributed by atoms with Crippen molar-refractivity contribution in [1.82, 2.24) is 0 Å². The molecule has 0 amide bonds. The molecule has 0 aromatic heterocycles. The van der Waals surface area contributed by atoms with E-state index in [1.807, 2.05) is 6.07 Å². The van der Waals surface area contributed by atoms with Crippen molar-refractivity contribution in [3.8, 4) is 39.9 Å². The van der Waals surface area contributed by atoms with Crippen LogP contribution in [0.25, 0.3) is 21.9 Å². The van der Waals surface area contributed by atoms with Crippen molar-refractivity contribution < 1.29 is 61.3 Å². The van der Waals surface area contributed by atoms with Crippen LogP contribution < -0.4 is 23.7 Å². The maximum atomic E-state index is 13.6. The molecule has 250 valence electrons. The number of carbonyl (C=O) groups is 2. The molecule has 0 aliphatic carbocycles. The number of fused-ring (bicyclic) bond motifs is 3. The molecule has 7 rings (SSSR count). The molecule has 0 radical (unpaired) electrons. The van der Waals surface area contributed by atoms with Crippen LogP contribution in [0.4, 0.5) is 4.39 Å². The first-order chi connectivity index (χ1) is 23.3. The Bertz CT molecular complexity index is 1890. The van der Waals surface area contributed by atoms with Gasteiger partial charge in [0.15, 0.2) is 29.1 Å². The number of esters is 2. The largest absolute Gasteiger partial charge is 0.493 e. The van der Waals surface area contributed by atoms with Crippen molar-refractivity contribution in [3.63, 3.8) is 0 Å². The van der Waals surface area contributed by atoms with Crippen molar-refractivity contribution in [2.75, 3.05) is 41.8 Å². The van der Waals surface area contributed by atoms with Crippen LogP contribution in [0.1, 0.15) is 26.3 Å². The van der Waals surface area contributed by atoms with E-state index in [9.17, 15) is 14.0 Å². The zero-order valence-electron chi connectivity index (χ0n) is 26.4. The molecular weight excluding hydrogens is 631 g/mol. The molecule has 3 heterocycles. The third-order valence-corrected chi connectivity index (χ3v) is 8.59. The van der Waals surface area contributed by atoms with E-state index in [0.29, 0.717) is 50.5 Å². The number of carbonyl (C=O) groups excluding carboxylic acids is 2. The average molecular weight is 663 g/mol. The van der Waals surface area contributed by atoms with Crippen LogP contribution in [0.15, 0.2) is 54.6 Å². The number of ether oxygens (including phenoxy) is 10. The molecule has 12 nitrogen and oxygen atoms in total. The lowest BCUT2D eigenvalue weighted by molar-refractivity contribution is -0.251. The molecule has 48 heavy (non-hydrogen) atoms. The first kappa shape index (κ1) is 31.5. The molecule has 0 N–H and O–H groups in total. The Morgan fingerprint density at radius 3 is 2.25 bits per heavy atom. The molecule has 4 atom stereocenters. The Labute approximate surface area is 274 Å². The number of halogens is 1. The lowest BCUT2D eigenvalue weighted by Gasteiger charge is -2.40. The maximum absolute atomic E-state index is 13.6. The Hall–Kier alpha value is -5.11. The average Bonchev–Trinajstić information content (AvgIpc) is 3.74. The van der Waals surface area contributed by atoms with Gasteiger partial charge in [-0.05, 0) is 59.5 Å². The van der Waals surface area contributed by atoms with Crippen LogP contribution in [0.5, 0.6) is 28.7 Å². The van der Waals surface area contributed by atoms with Gasteiger partial charge in [-0.15, -0.1) is 0 Å². The van der Waals surface area contributed by atoms with E-state index in [-0.39, 0.29) is 36.9 Å². The Morgan fingerprint density at radius 1 is 0.812 bits per heavy atom. The Morgan fingerprint density at radius 2 is 1.54 bits per heavy atom. The molecule has 3 aliphatic heterocycles. The normalized spacial score (nSPS) is 21.1. The minimum atomic E-state index is -1.24. The number of methoxy groups -OCH3 is 4. The highest BCUT2D eigenvalue weighted by atomic mass is 19.1. The summed E-state index contributed by atoms with van der Waals surface area (Å²) in [6.07, 6.45) is -3.84. The second kappa shape index (κ2) is 12.8. The van der Waals surface area contributed by atoms with Crippen LogP contribution in [0, 0.1) is 5.82 Å². The van der Waals surface area contributed by atoms with Gasteiger partial charge in [-0.3, -0.25) is 0 Å². The molecule has 0 spiro atoms. The molecular formula is C35H31FO12. The van der Waals surface area contributed by atoms with Gasteiger partial charge in [0, 0.05) is 30.7 Å². The summed E-state index contributed by atoms with van der Waals surface area (Å²) in [5, 5.41) is 1.11. The number of rotatable bonds is 9. The standard InChI is InChI=1S/C35H31FO12/c1-39-24-12-20-21(13-25(24)40-2)30(22-14-43-34(38)29(22)28(20)18-7-10-23-26(11-18)46-16-45-23)48-35-32(31(42-4)27(41-3)15-44-35)47-33(37)17-5-8-19(36)9-6-17/h5-13,27,31-32,35H,14-16H2,1-4H3/t27-,31+,32-,35+/m1/s1. The monoisotopic (exact) mass is 662 g/mol. The molecule has 1 saturated heterocycles. The SMILES string of the molecule is COc1cc2c(O[C@@H]3OC[C@@H](OC)[C@H](OC)[C@H]3OC(=O)c3ccc(F)cc3)c3c(c(-c4ccc5c(c4)OCO5)c2cc1OC)C(=O)OC3. The predicted octanol–water partition coefficient (Wildman–Crippen LogP) is 5.05. The number of cyclic esters (lactones) is 1. The molecule has 13 heteroatoms. The van der Waals surface area contributed by atoms with Crippen molar-refractivity contribution >= 4 is 22.7 Å². The van der Waals surface area contributed by atoms with Gasteiger partial charge in [0.1, 0.15) is 30.4 Å². The van der Waals surface area contributed by atoms with Crippen LogP contribution >= 0.6 is 0 Å². The maximum Gasteiger partial charge on any atom is 0.339 e. The fourth-order valence-corrected chi connectivity index (χ4v) is 6.25. The molecule has 3 aliphatic rings. The van der Waals surface area contributed by atoms with E-state index >= 15 is 0 Å². The second-order valence-corrected chi connectivity index (χ2v) is 11.1. The van der Waals surface area contributed by atoms with Crippen LogP contribution in [0.2, 0.25) is 0 Å². The van der Waals surface area contributed by atoms with E-state index in [2.05, 4.69) is 0 Å². The quantitative estimate of drug-likeness (QED) is 0.223. The van der Waals surface area contributed by atoms with Crippen LogP contribution in [-0.4, -0.2) is 78.4 Å². The molecule has 0 unspecified atom stereocenters. The van der Waals surface area contributed by atoms with Gasteiger partial charge in [-0.25, -0.2) is 14.0 Å². The summed E-state index contributed by atoms with van der Waals surface area (Å²) in [4.78, 5) is 26.8. The van der Waals surface area contributed by atoms with E-state index < -0.39 is 42.4 Å². The third-order valence-electron chi connectivity index (χ3n) is 8.59. The topological polar surface area (TPSA) is 126 Å². The molecule has 0 bridgehead atoms. The fourth-order valence-electron chi connectivity index (χ4n) is 6.25. The van der Waals surface area contributed by atoms with Crippen molar-refractivity contribution in [2.24, 2.45) is 0 Å². The molecule has 0 saturated carbocycles. The van der Waals surface area contributed by atoms with Gasteiger partial charge in [0.05, 0.1) is 32.0 Å². The Balaban J connectivity index is 1.38. The number of benzene rings is 4. The highest BCUT2D eigenvalue weighted by Gasteiger charge is 2.46. The second-order valence-electron chi connectivity index (χ2n) is 11.1. The first-order valence-corrected chi connectivity index (χ1v) is 15.0. The van der Waals surface area contributed by atoms with E-state index in [0.717, 1.165) is 12.1 Å². The molecule has 1 fully saturated rings. The third kappa shape index (κ3) is 5.39. The fraction of sp³-hybridized carbons (Fsp3) is 0.314. The van der Waals surface area contributed by atoms with Gasteiger partial charge in [-0.1, -0.05) is 6.07 Å². The van der Waals surface area contributed by atoms with Crippen molar-refractivity contribution in [3.05, 3.63) is 77.1 Å². The van der Waals surface area contributed by atoms with E-state index in [1.165, 1.54) is 40.6 Å². The Kier molecular flexibility index (Phi) is 8.42. The zero-order valence-corrected chi connectivity index (χ0v) is 26.4. The minimum absolute atomic E-state index is 0.0340. The summed E-state index contributed by atoms with van der Waals surface area (Å²) in [5.74, 6) is 0.347. The van der Waals surface area contributed by atoms with Gasteiger partial charge >= 0.3 is 11.9 Å². The summed E-state index contributed by atoms with van der Waals surface area (Å²) >= 11 is 0. The van der Waals surface area contributed by atoms with Crippen molar-refractivity contribution in [2.45, 2.75) is 31.2 Å². The highest BCUT2D eigenvalue weighted by molar-refractivity contribution is 6.14. The lowest BCUT2D eigenvalue weighted by Crippen LogP contribution is -2.58. The summed E-state index contributed by atoms with van der Waals surface area (Å²) in [5.41, 5.74) is 2.06. The number of hydrogen-bond acceptors (Lipinski definition) is 12. The molecule has 4 aromatic carbocycles. The predicted molar refractivity (Wildman–Crippen MR) is 165 cm³/mol. The summed E-state index contributed by atoms with van der Waals surface area (Å²) in [6.45, 7) is 0.0108. The summed E-state index contributed by atoms with van der Waals surface area (Å²) in [6, 6.07) is 13.8. The summed E-state index contributed by atoms with van der Waals surface area (Å²) < 4.78 is 71.6. The minimum Gasteiger partial charge on any atom is -0.493 e. The van der Waals surface area contributed by atoms with Crippen molar-refractivity contribution in [1.29, 1.82) is 0 Å². The zero-order chi connectivity index (χ0) is 33.5. The van der Waals surface area contributed by atoms with Crippen LogP contribution in [-0.2, 0) is 30.3 Å². The lowest BCUT2D eigenvalue weighted by atomic mass is 9.89. The van der Waals surface area contributed by atoms with Gasteiger partial charge in [0.2, 0.25) is 13.1 Å². The van der Waals surface area contributed by atoms with Gasteiger partial charge < -0.3 is 47.4 Å². The highest BCUT2D eigenvalue weighted by Crippen LogP contribution is 2.49. The van der Waals surface area contributed by atoms with Gasteiger partial charge in [0.25, 0.3) is 0 Å². The van der Waals surface area contributed by atoms with E-state index in [4.69, 9.17) is 47.4 Å². The van der Waals surface area contributed by atoms with E-state index in [1.54, 1.807) is 24.3 Å². The number of hydrogen-bond donors (Lipinski definition) is 0. The van der Waals surface area contributed by atoms with Gasteiger partial charge in [-0.2, -0.15) is 0 Å². The smallest absolute Gasteiger partial charge is 0.339 e. The first-order valence-electron chi connectivity index (χ1n) is 15.0. The molecule has 4 aromatic rings. The summed E-state index contributed by atoms with van der Waals surface area (Å²) in [7, 11) is 5.95.